The first-order valence-electron chi connectivity index (χ1n) is 8.19. The van der Waals surface area contributed by atoms with E-state index in [1.807, 2.05) is 0 Å². The maximum absolute atomic E-state index is 6.46. The molecular weight excluding hydrogens is 246 g/mol. The number of benzene rings is 1. The van der Waals surface area contributed by atoms with E-state index >= 15 is 0 Å². The molecule has 0 bridgehead atoms. The SMILES string of the molecule is CCCCOc1ccc(C(N)C2CCCC(C)C2)cc1. The normalized spacial score (nSPS) is 24.4. The lowest BCUT2D eigenvalue weighted by atomic mass is 9.77. The third kappa shape index (κ3) is 4.24. The average Bonchev–Trinajstić information content (AvgIpc) is 2.47. The van der Waals surface area contributed by atoms with Crippen LogP contribution >= 0.6 is 0 Å². The molecule has 3 unspecified atom stereocenters. The Kier molecular flexibility index (Phi) is 5.90. The quantitative estimate of drug-likeness (QED) is 0.764. The zero-order valence-corrected chi connectivity index (χ0v) is 13.0. The molecule has 0 aromatic heterocycles. The summed E-state index contributed by atoms with van der Waals surface area (Å²) in [5, 5.41) is 0. The van der Waals surface area contributed by atoms with Gasteiger partial charge in [0.2, 0.25) is 0 Å². The van der Waals surface area contributed by atoms with Gasteiger partial charge in [-0.3, -0.25) is 0 Å². The molecule has 1 fully saturated rings. The van der Waals surface area contributed by atoms with E-state index in [2.05, 4.69) is 38.1 Å². The summed E-state index contributed by atoms with van der Waals surface area (Å²) < 4.78 is 5.70. The smallest absolute Gasteiger partial charge is 0.119 e. The van der Waals surface area contributed by atoms with Gasteiger partial charge in [-0.2, -0.15) is 0 Å². The van der Waals surface area contributed by atoms with Crippen molar-refractivity contribution in [3.8, 4) is 5.75 Å². The molecule has 20 heavy (non-hydrogen) atoms. The fourth-order valence-corrected chi connectivity index (χ4v) is 3.20. The maximum Gasteiger partial charge on any atom is 0.119 e. The molecule has 1 aliphatic carbocycles. The molecule has 2 nitrogen and oxygen atoms in total. The van der Waals surface area contributed by atoms with Crippen molar-refractivity contribution in [2.24, 2.45) is 17.6 Å². The number of hydrogen-bond acceptors (Lipinski definition) is 2. The Bertz CT molecular complexity index is 387. The van der Waals surface area contributed by atoms with Crippen LogP contribution in [0.3, 0.4) is 0 Å². The van der Waals surface area contributed by atoms with Crippen LogP contribution in [0.2, 0.25) is 0 Å². The summed E-state index contributed by atoms with van der Waals surface area (Å²) in [6.07, 6.45) is 7.53. The molecule has 2 heteroatoms. The van der Waals surface area contributed by atoms with Gasteiger partial charge in [0.1, 0.15) is 5.75 Å². The Morgan fingerprint density at radius 3 is 2.65 bits per heavy atom. The van der Waals surface area contributed by atoms with E-state index in [9.17, 15) is 0 Å². The molecule has 0 radical (unpaired) electrons. The molecular formula is C18H29NO. The van der Waals surface area contributed by atoms with Crippen molar-refractivity contribution in [3.63, 3.8) is 0 Å². The van der Waals surface area contributed by atoms with E-state index in [4.69, 9.17) is 10.5 Å². The van der Waals surface area contributed by atoms with E-state index in [-0.39, 0.29) is 6.04 Å². The standard InChI is InChI=1S/C18H29NO/c1-3-4-12-20-17-10-8-15(9-11-17)18(19)16-7-5-6-14(2)13-16/h8-11,14,16,18H,3-7,12-13,19H2,1-2H3. The fourth-order valence-electron chi connectivity index (χ4n) is 3.20. The van der Waals surface area contributed by atoms with Crippen molar-refractivity contribution in [1.82, 2.24) is 0 Å². The highest BCUT2D eigenvalue weighted by Gasteiger charge is 2.25. The van der Waals surface area contributed by atoms with Crippen LogP contribution in [-0.4, -0.2) is 6.61 Å². The van der Waals surface area contributed by atoms with Crippen LogP contribution in [0, 0.1) is 11.8 Å². The maximum atomic E-state index is 6.46. The first kappa shape index (κ1) is 15.4. The minimum absolute atomic E-state index is 0.183. The van der Waals surface area contributed by atoms with Crippen molar-refractivity contribution in [3.05, 3.63) is 29.8 Å². The van der Waals surface area contributed by atoms with Crippen LogP contribution in [0.1, 0.15) is 64.0 Å². The largest absolute Gasteiger partial charge is 0.494 e. The fraction of sp³-hybridized carbons (Fsp3) is 0.667. The summed E-state index contributed by atoms with van der Waals surface area (Å²) in [6, 6.07) is 8.60. The molecule has 1 aromatic carbocycles. The van der Waals surface area contributed by atoms with Crippen molar-refractivity contribution < 1.29 is 4.74 Å². The van der Waals surface area contributed by atoms with Crippen LogP contribution < -0.4 is 10.5 Å². The summed E-state index contributed by atoms with van der Waals surface area (Å²) in [4.78, 5) is 0. The molecule has 2 rings (SSSR count). The third-order valence-corrected chi connectivity index (χ3v) is 4.52. The van der Waals surface area contributed by atoms with E-state index in [1.165, 1.54) is 37.7 Å². The minimum Gasteiger partial charge on any atom is -0.494 e. The lowest BCUT2D eigenvalue weighted by Crippen LogP contribution is -2.26. The molecule has 0 aliphatic heterocycles. The number of unbranched alkanes of at least 4 members (excludes halogenated alkanes) is 1. The van der Waals surface area contributed by atoms with Gasteiger partial charge in [-0.05, 0) is 48.8 Å². The highest BCUT2D eigenvalue weighted by atomic mass is 16.5. The van der Waals surface area contributed by atoms with Gasteiger partial charge in [0.15, 0.2) is 0 Å². The topological polar surface area (TPSA) is 35.2 Å². The van der Waals surface area contributed by atoms with Crippen molar-refractivity contribution in [1.29, 1.82) is 0 Å². The molecule has 2 N–H and O–H groups in total. The molecule has 0 amide bonds. The Morgan fingerprint density at radius 1 is 1.25 bits per heavy atom. The van der Waals surface area contributed by atoms with Crippen LogP contribution in [0.25, 0.3) is 0 Å². The Labute approximate surface area is 123 Å². The Morgan fingerprint density at radius 2 is 2.00 bits per heavy atom. The van der Waals surface area contributed by atoms with E-state index < -0.39 is 0 Å². The summed E-state index contributed by atoms with van der Waals surface area (Å²) in [5.41, 5.74) is 7.72. The molecule has 1 aliphatic rings. The van der Waals surface area contributed by atoms with Gasteiger partial charge in [0, 0.05) is 6.04 Å². The summed E-state index contributed by atoms with van der Waals surface area (Å²) >= 11 is 0. The number of hydrogen-bond donors (Lipinski definition) is 1. The Balaban J connectivity index is 1.91. The number of ether oxygens (including phenoxy) is 1. The van der Waals surface area contributed by atoms with Crippen LogP contribution in [0.4, 0.5) is 0 Å². The zero-order valence-electron chi connectivity index (χ0n) is 13.0. The van der Waals surface area contributed by atoms with Gasteiger partial charge < -0.3 is 10.5 Å². The van der Waals surface area contributed by atoms with Crippen LogP contribution in [-0.2, 0) is 0 Å². The first-order valence-corrected chi connectivity index (χ1v) is 8.19. The second-order valence-corrected chi connectivity index (χ2v) is 6.33. The van der Waals surface area contributed by atoms with E-state index in [0.29, 0.717) is 5.92 Å². The van der Waals surface area contributed by atoms with Crippen molar-refractivity contribution >= 4 is 0 Å². The molecule has 1 aromatic rings. The Hall–Kier alpha value is -1.02. The predicted octanol–water partition coefficient (Wildman–Crippen LogP) is 4.69. The van der Waals surface area contributed by atoms with Gasteiger partial charge in [-0.15, -0.1) is 0 Å². The van der Waals surface area contributed by atoms with Gasteiger partial charge >= 0.3 is 0 Å². The average molecular weight is 275 g/mol. The predicted molar refractivity (Wildman–Crippen MR) is 84.9 cm³/mol. The lowest BCUT2D eigenvalue weighted by Gasteiger charge is -2.31. The van der Waals surface area contributed by atoms with Gasteiger partial charge in [0.05, 0.1) is 6.61 Å². The molecule has 0 spiro atoms. The van der Waals surface area contributed by atoms with Gasteiger partial charge in [0.25, 0.3) is 0 Å². The second-order valence-electron chi connectivity index (χ2n) is 6.33. The molecule has 3 atom stereocenters. The molecule has 0 heterocycles. The van der Waals surface area contributed by atoms with Crippen molar-refractivity contribution in [2.75, 3.05) is 6.61 Å². The number of rotatable bonds is 6. The van der Waals surface area contributed by atoms with Crippen molar-refractivity contribution in [2.45, 2.75) is 58.4 Å². The van der Waals surface area contributed by atoms with Crippen LogP contribution in [0.15, 0.2) is 24.3 Å². The molecule has 112 valence electrons. The zero-order chi connectivity index (χ0) is 14.4. The second kappa shape index (κ2) is 7.68. The monoisotopic (exact) mass is 275 g/mol. The summed E-state index contributed by atoms with van der Waals surface area (Å²) in [5.74, 6) is 2.44. The highest BCUT2D eigenvalue weighted by molar-refractivity contribution is 5.29. The van der Waals surface area contributed by atoms with E-state index in [1.54, 1.807) is 0 Å². The van der Waals surface area contributed by atoms with Crippen LogP contribution in [0.5, 0.6) is 5.75 Å². The third-order valence-electron chi connectivity index (χ3n) is 4.52. The minimum atomic E-state index is 0.183. The van der Waals surface area contributed by atoms with E-state index in [0.717, 1.165) is 24.7 Å². The molecule has 1 saturated carbocycles. The highest BCUT2D eigenvalue weighted by Crippen LogP contribution is 2.36. The number of nitrogens with two attached hydrogens (primary N) is 1. The molecule has 0 saturated heterocycles. The lowest BCUT2D eigenvalue weighted by molar-refractivity contribution is 0.248. The summed E-state index contributed by atoms with van der Waals surface area (Å²) in [6.45, 7) is 5.34. The van der Waals surface area contributed by atoms with Gasteiger partial charge in [-0.1, -0.05) is 45.2 Å². The first-order chi connectivity index (χ1) is 9.70. The summed E-state index contributed by atoms with van der Waals surface area (Å²) in [7, 11) is 0. The van der Waals surface area contributed by atoms with Gasteiger partial charge in [-0.25, -0.2) is 0 Å².